The predicted molar refractivity (Wildman–Crippen MR) is 116 cm³/mol. The molecular formula is C20H22F2N6O3S. The number of H-pyrrole nitrogens is 1. The summed E-state index contributed by atoms with van der Waals surface area (Å²) >= 11 is 0. The smallest absolute Gasteiger partial charge is 0.301 e. The van der Waals surface area contributed by atoms with Gasteiger partial charge in [0.2, 0.25) is 5.78 Å². The zero-order valence-electron chi connectivity index (χ0n) is 17.4. The highest BCUT2D eigenvalue weighted by molar-refractivity contribution is 7.90. The van der Waals surface area contributed by atoms with Crippen LogP contribution in [0.2, 0.25) is 0 Å². The summed E-state index contributed by atoms with van der Waals surface area (Å²) in [6.45, 7) is 4.37. The van der Waals surface area contributed by atoms with Gasteiger partial charge < -0.3 is 10.3 Å². The van der Waals surface area contributed by atoms with Gasteiger partial charge in [0.15, 0.2) is 5.82 Å². The van der Waals surface area contributed by atoms with E-state index in [9.17, 15) is 17.6 Å². The third-order valence-electron chi connectivity index (χ3n) is 5.10. The van der Waals surface area contributed by atoms with Gasteiger partial charge in [-0.2, -0.15) is 12.7 Å². The molecule has 1 aliphatic rings. The molecule has 0 amide bonds. The molecule has 3 N–H and O–H groups in total. The van der Waals surface area contributed by atoms with Crippen LogP contribution in [0.5, 0.6) is 0 Å². The van der Waals surface area contributed by atoms with Crippen molar-refractivity contribution in [2.75, 3.05) is 23.1 Å². The molecule has 9 nitrogen and oxygen atoms in total. The Morgan fingerprint density at radius 2 is 1.91 bits per heavy atom. The maximum absolute atomic E-state index is 15.2. The summed E-state index contributed by atoms with van der Waals surface area (Å²) in [5, 5.41) is 3.36. The molecule has 0 bridgehead atoms. The minimum Gasteiger partial charge on any atom is -0.367 e. The van der Waals surface area contributed by atoms with Crippen molar-refractivity contribution >= 4 is 38.5 Å². The van der Waals surface area contributed by atoms with Gasteiger partial charge >= 0.3 is 10.2 Å². The van der Waals surface area contributed by atoms with Crippen molar-refractivity contribution in [1.29, 1.82) is 0 Å². The normalized spacial score (nSPS) is 14.9. The van der Waals surface area contributed by atoms with Crippen LogP contribution in [0.4, 0.5) is 20.3 Å². The highest BCUT2D eigenvalue weighted by Gasteiger charge is 2.30. The van der Waals surface area contributed by atoms with Crippen molar-refractivity contribution < 1.29 is 22.0 Å². The van der Waals surface area contributed by atoms with Crippen molar-refractivity contribution in [2.45, 2.75) is 32.7 Å². The maximum Gasteiger partial charge on any atom is 0.301 e. The van der Waals surface area contributed by atoms with Crippen molar-refractivity contribution in [3.63, 3.8) is 0 Å². The average Bonchev–Trinajstić information content (AvgIpc) is 3.40. The molecule has 2 aromatic heterocycles. The lowest BCUT2D eigenvalue weighted by atomic mass is 10.0. The highest BCUT2D eigenvalue weighted by Crippen LogP contribution is 2.30. The second-order valence-electron chi connectivity index (χ2n) is 7.77. The van der Waals surface area contributed by atoms with Crippen molar-refractivity contribution in [3.8, 4) is 0 Å². The minimum atomic E-state index is -4.03. The number of aromatic nitrogens is 3. The van der Waals surface area contributed by atoms with E-state index in [0.29, 0.717) is 37.4 Å². The van der Waals surface area contributed by atoms with E-state index in [1.54, 1.807) is 0 Å². The van der Waals surface area contributed by atoms with Crippen molar-refractivity contribution in [3.05, 3.63) is 47.4 Å². The molecule has 32 heavy (non-hydrogen) atoms. The minimum absolute atomic E-state index is 0.0252. The SMILES string of the molecule is CC(C)Nc1ncnc2[nH]cc(C(=O)c3c(F)ccc(NS(=O)(=O)N4CCCC4)c3F)c12. The molecule has 0 aliphatic carbocycles. The lowest BCUT2D eigenvalue weighted by Gasteiger charge is -2.18. The second-order valence-corrected chi connectivity index (χ2v) is 9.44. The van der Waals surface area contributed by atoms with Gasteiger partial charge in [-0.15, -0.1) is 0 Å². The van der Waals surface area contributed by atoms with Gasteiger partial charge in [-0.05, 0) is 38.8 Å². The Morgan fingerprint density at radius 1 is 1.19 bits per heavy atom. The van der Waals surface area contributed by atoms with Crippen LogP contribution in [0.1, 0.15) is 42.6 Å². The number of fused-ring (bicyclic) bond motifs is 1. The number of rotatable bonds is 7. The Morgan fingerprint density at radius 3 is 2.59 bits per heavy atom. The number of hydrogen-bond acceptors (Lipinski definition) is 6. The molecule has 0 unspecified atom stereocenters. The van der Waals surface area contributed by atoms with Crippen molar-refractivity contribution in [1.82, 2.24) is 19.3 Å². The summed E-state index contributed by atoms with van der Waals surface area (Å²) < 4.78 is 58.2. The molecule has 1 aliphatic heterocycles. The van der Waals surface area contributed by atoms with E-state index in [4.69, 9.17) is 0 Å². The van der Waals surface area contributed by atoms with Gasteiger partial charge in [0.1, 0.15) is 23.6 Å². The van der Waals surface area contributed by atoms with E-state index in [1.807, 2.05) is 13.8 Å². The van der Waals surface area contributed by atoms with Crippen LogP contribution in [-0.2, 0) is 10.2 Å². The predicted octanol–water partition coefficient (Wildman–Crippen LogP) is 3.04. The molecule has 0 spiro atoms. The van der Waals surface area contributed by atoms with E-state index >= 15 is 4.39 Å². The Balaban J connectivity index is 1.76. The summed E-state index contributed by atoms with van der Waals surface area (Å²) in [5.41, 5.74) is -1.09. The molecule has 0 radical (unpaired) electrons. The monoisotopic (exact) mass is 464 g/mol. The molecule has 0 saturated carbocycles. The number of carbonyl (C=O) groups is 1. The number of carbonyl (C=O) groups excluding carboxylic acids is 1. The quantitative estimate of drug-likeness (QED) is 0.463. The second kappa shape index (κ2) is 8.43. The number of nitrogens with zero attached hydrogens (tertiary/aromatic N) is 3. The number of nitrogens with one attached hydrogen (secondary N) is 3. The molecule has 12 heteroatoms. The first-order valence-electron chi connectivity index (χ1n) is 10.1. The first kappa shape index (κ1) is 22.1. The zero-order chi connectivity index (χ0) is 23.0. The van der Waals surface area contributed by atoms with E-state index in [2.05, 4.69) is 25.0 Å². The fourth-order valence-electron chi connectivity index (χ4n) is 3.63. The Labute approximate surface area is 183 Å². The van der Waals surface area contributed by atoms with E-state index in [-0.39, 0.29) is 17.0 Å². The van der Waals surface area contributed by atoms with Gasteiger partial charge in [0, 0.05) is 25.3 Å². The molecule has 1 saturated heterocycles. The van der Waals surface area contributed by atoms with Gasteiger partial charge in [-0.25, -0.2) is 18.7 Å². The van der Waals surface area contributed by atoms with Gasteiger partial charge in [0.25, 0.3) is 0 Å². The lowest BCUT2D eigenvalue weighted by Crippen LogP contribution is -2.33. The Kier molecular flexibility index (Phi) is 5.82. The maximum atomic E-state index is 15.2. The molecule has 3 aromatic rings. The summed E-state index contributed by atoms with van der Waals surface area (Å²) in [5.74, 6) is -3.03. The molecule has 1 fully saturated rings. The van der Waals surface area contributed by atoms with E-state index < -0.39 is 38.9 Å². The van der Waals surface area contributed by atoms with Crippen LogP contribution in [0.25, 0.3) is 11.0 Å². The lowest BCUT2D eigenvalue weighted by molar-refractivity contribution is 0.103. The number of halogens is 2. The molecule has 0 atom stereocenters. The molecule has 3 heterocycles. The van der Waals surface area contributed by atoms with E-state index in [0.717, 1.165) is 12.1 Å². The molecule has 170 valence electrons. The summed E-state index contributed by atoms with van der Waals surface area (Å²) in [4.78, 5) is 24.2. The van der Waals surface area contributed by atoms with E-state index in [1.165, 1.54) is 16.8 Å². The number of benzene rings is 1. The largest absolute Gasteiger partial charge is 0.367 e. The number of hydrogen-bond donors (Lipinski definition) is 3. The summed E-state index contributed by atoms with van der Waals surface area (Å²) in [6, 6.07) is 1.79. The first-order valence-corrected chi connectivity index (χ1v) is 11.5. The Bertz CT molecular complexity index is 1290. The highest BCUT2D eigenvalue weighted by atomic mass is 32.2. The third-order valence-corrected chi connectivity index (χ3v) is 6.62. The van der Waals surface area contributed by atoms with Gasteiger partial charge in [0.05, 0.1) is 22.2 Å². The zero-order valence-corrected chi connectivity index (χ0v) is 18.3. The Hall–Kier alpha value is -3.12. The summed E-state index contributed by atoms with van der Waals surface area (Å²) in [7, 11) is -4.03. The fourth-order valence-corrected chi connectivity index (χ4v) is 4.93. The van der Waals surface area contributed by atoms with Crippen LogP contribution in [0.15, 0.2) is 24.7 Å². The van der Waals surface area contributed by atoms with Crippen LogP contribution in [-0.4, -0.2) is 52.6 Å². The first-order chi connectivity index (χ1) is 15.2. The van der Waals surface area contributed by atoms with Crippen LogP contribution >= 0.6 is 0 Å². The van der Waals surface area contributed by atoms with Gasteiger partial charge in [-0.3, -0.25) is 9.52 Å². The topological polar surface area (TPSA) is 120 Å². The number of anilines is 2. The molecular weight excluding hydrogens is 442 g/mol. The van der Waals surface area contributed by atoms with Crippen LogP contribution in [0, 0.1) is 11.6 Å². The van der Waals surface area contributed by atoms with Crippen molar-refractivity contribution in [2.24, 2.45) is 0 Å². The van der Waals surface area contributed by atoms with Gasteiger partial charge in [-0.1, -0.05) is 0 Å². The molecule has 1 aromatic carbocycles. The average molecular weight is 464 g/mol. The standard InChI is InChI=1S/C20H22F2N6O3S/c1-11(2)26-20-15-12(9-23-19(15)24-10-25-20)18(29)16-13(21)5-6-14(17(16)22)27-32(30,31)28-7-3-4-8-28/h5-6,9-11,27H,3-4,7-8H2,1-2H3,(H2,23,24,25,26). The number of ketones is 1. The molecule has 4 rings (SSSR count). The van der Waals surface area contributed by atoms with Crippen LogP contribution < -0.4 is 10.0 Å². The number of aromatic amines is 1. The van der Waals surface area contributed by atoms with Crippen LogP contribution in [0.3, 0.4) is 0 Å². The fraction of sp³-hybridized carbons (Fsp3) is 0.350. The third kappa shape index (κ3) is 4.02. The summed E-state index contributed by atoms with van der Waals surface area (Å²) in [6.07, 6.45) is 4.00.